The number of nitrogens with one attached hydrogen (secondary N) is 3. The lowest BCUT2D eigenvalue weighted by molar-refractivity contribution is -0.129. The average Bonchev–Trinajstić information content (AvgIpc) is 2.85. The van der Waals surface area contributed by atoms with Crippen LogP contribution in [0.3, 0.4) is 0 Å². The van der Waals surface area contributed by atoms with E-state index in [4.69, 9.17) is 0 Å². The molecule has 0 aliphatic carbocycles. The summed E-state index contributed by atoms with van der Waals surface area (Å²) < 4.78 is 13.5. The van der Waals surface area contributed by atoms with Crippen LogP contribution in [0.5, 0.6) is 5.75 Å². The highest BCUT2D eigenvalue weighted by Gasteiger charge is 2.30. The number of carbonyl (C=O) groups is 3. The standard InChI is InChI=1S/C30H42FN3O5/c1-18(2)11-13-23(33-30(39)28(19(3)4)32-20(5)35)17-27(37)25(15-21-9-7-6-8-10-21)34-29(38)24-14-12-22(31)16-26(24)36/h6-10,12,14,16,18-19,23,25,27-28,36-37H,11,13,15,17H2,1-5H3,(H,32,35)(H,33,39)(H,34,38)/t23?,25?,27-,28-/m0/s1. The van der Waals surface area contributed by atoms with Crippen LogP contribution in [0.1, 0.15) is 69.8 Å². The summed E-state index contributed by atoms with van der Waals surface area (Å²) in [6, 6.07) is 10.5. The number of phenols is 1. The Morgan fingerprint density at radius 2 is 1.59 bits per heavy atom. The van der Waals surface area contributed by atoms with Gasteiger partial charge >= 0.3 is 0 Å². The Kier molecular flexibility index (Phi) is 12.4. The number of carbonyl (C=O) groups excluding carboxylic acids is 3. The minimum absolute atomic E-state index is 0.110. The molecular weight excluding hydrogens is 501 g/mol. The summed E-state index contributed by atoms with van der Waals surface area (Å²) in [6.45, 7) is 9.18. The number of aromatic hydroxyl groups is 1. The van der Waals surface area contributed by atoms with Crippen molar-refractivity contribution in [1.29, 1.82) is 0 Å². The van der Waals surface area contributed by atoms with Gasteiger partial charge in [-0.1, -0.05) is 58.0 Å². The maximum Gasteiger partial charge on any atom is 0.255 e. The number of hydrogen-bond acceptors (Lipinski definition) is 5. The predicted molar refractivity (Wildman–Crippen MR) is 149 cm³/mol. The molecule has 0 fully saturated rings. The maximum atomic E-state index is 13.5. The Bertz CT molecular complexity index is 1090. The number of amides is 3. The van der Waals surface area contributed by atoms with Gasteiger partial charge in [-0.3, -0.25) is 14.4 Å². The Balaban J connectivity index is 2.27. The molecule has 2 aromatic rings. The normalized spacial score (nSPS) is 14.4. The van der Waals surface area contributed by atoms with Gasteiger partial charge < -0.3 is 26.2 Å². The Morgan fingerprint density at radius 3 is 2.15 bits per heavy atom. The van der Waals surface area contributed by atoms with Gasteiger partial charge in [-0.2, -0.15) is 0 Å². The molecule has 2 aromatic carbocycles. The monoisotopic (exact) mass is 543 g/mol. The Labute approximate surface area is 230 Å². The molecule has 214 valence electrons. The zero-order valence-corrected chi connectivity index (χ0v) is 23.4. The first-order valence-corrected chi connectivity index (χ1v) is 13.5. The number of aliphatic hydroxyl groups is 1. The van der Waals surface area contributed by atoms with E-state index in [0.717, 1.165) is 24.1 Å². The summed E-state index contributed by atoms with van der Waals surface area (Å²) >= 11 is 0. The van der Waals surface area contributed by atoms with Gasteiger partial charge in [-0.25, -0.2) is 4.39 Å². The molecule has 39 heavy (non-hydrogen) atoms. The molecule has 5 N–H and O–H groups in total. The Morgan fingerprint density at radius 1 is 0.923 bits per heavy atom. The highest BCUT2D eigenvalue weighted by Crippen LogP contribution is 2.20. The highest BCUT2D eigenvalue weighted by atomic mass is 19.1. The number of aliphatic hydroxyl groups excluding tert-OH is 1. The fourth-order valence-electron chi connectivity index (χ4n) is 4.38. The van der Waals surface area contributed by atoms with Gasteiger partial charge in [0.2, 0.25) is 11.8 Å². The van der Waals surface area contributed by atoms with Crippen LogP contribution in [0.15, 0.2) is 48.5 Å². The van der Waals surface area contributed by atoms with Crippen molar-refractivity contribution in [2.24, 2.45) is 11.8 Å². The first-order chi connectivity index (χ1) is 18.4. The molecule has 4 atom stereocenters. The number of hydrogen-bond donors (Lipinski definition) is 5. The number of rotatable bonds is 14. The molecule has 0 aliphatic heterocycles. The van der Waals surface area contributed by atoms with Crippen LogP contribution in [-0.4, -0.2) is 52.2 Å². The molecule has 0 heterocycles. The van der Waals surface area contributed by atoms with E-state index in [1.807, 2.05) is 44.2 Å². The third-order valence-electron chi connectivity index (χ3n) is 6.56. The van der Waals surface area contributed by atoms with E-state index in [1.54, 1.807) is 0 Å². The van der Waals surface area contributed by atoms with Crippen LogP contribution in [0.2, 0.25) is 0 Å². The van der Waals surface area contributed by atoms with Crippen molar-refractivity contribution in [3.8, 4) is 5.75 Å². The first kappa shape index (κ1) is 31.8. The van der Waals surface area contributed by atoms with E-state index in [9.17, 15) is 29.0 Å². The summed E-state index contributed by atoms with van der Waals surface area (Å²) in [7, 11) is 0. The van der Waals surface area contributed by atoms with Gasteiger partial charge in [0, 0.05) is 19.0 Å². The molecule has 8 nitrogen and oxygen atoms in total. The lowest BCUT2D eigenvalue weighted by Gasteiger charge is -2.30. The van der Waals surface area contributed by atoms with Crippen LogP contribution < -0.4 is 16.0 Å². The Hall–Kier alpha value is -3.46. The molecular formula is C30H42FN3O5. The molecule has 2 unspecified atom stereocenters. The molecule has 0 aromatic heterocycles. The third-order valence-corrected chi connectivity index (χ3v) is 6.56. The fourth-order valence-corrected chi connectivity index (χ4v) is 4.38. The molecule has 0 saturated carbocycles. The molecule has 0 radical (unpaired) electrons. The molecule has 9 heteroatoms. The van der Waals surface area contributed by atoms with Gasteiger partial charge in [0.1, 0.15) is 17.6 Å². The van der Waals surface area contributed by atoms with Gasteiger partial charge in [0.15, 0.2) is 0 Å². The zero-order valence-electron chi connectivity index (χ0n) is 23.4. The van der Waals surface area contributed by atoms with E-state index < -0.39 is 41.7 Å². The van der Waals surface area contributed by atoms with Gasteiger partial charge in [-0.15, -0.1) is 0 Å². The van der Waals surface area contributed by atoms with E-state index in [1.165, 1.54) is 13.0 Å². The largest absolute Gasteiger partial charge is 0.507 e. The van der Waals surface area contributed by atoms with Crippen molar-refractivity contribution in [3.05, 3.63) is 65.5 Å². The van der Waals surface area contributed by atoms with Crippen LogP contribution in [-0.2, 0) is 16.0 Å². The summed E-state index contributed by atoms with van der Waals surface area (Å²) in [5.41, 5.74) is 0.764. The molecule has 2 rings (SSSR count). The lowest BCUT2D eigenvalue weighted by Crippen LogP contribution is -2.53. The molecule has 0 aliphatic rings. The van der Waals surface area contributed by atoms with Crippen LogP contribution in [0.25, 0.3) is 0 Å². The second-order valence-corrected chi connectivity index (χ2v) is 10.8. The van der Waals surface area contributed by atoms with Crippen LogP contribution in [0, 0.1) is 17.7 Å². The highest BCUT2D eigenvalue weighted by molar-refractivity contribution is 5.97. The first-order valence-electron chi connectivity index (χ1n) is 13.5. The van der Waals surface area contributed by atoms with Crippen molar-refractivity contribution in [2.75, 3.05) is 0 Å². The van der Waals surface area contributed by atoms with Crippen molar-refractivity contribution >= 4 is 17.7 Å². The predicted octanol–water partition coefficient (Wildman–Crippen LogP) is 3.71. The van der Waals surface area contributed by atoms with Crippen molar-refractivity contribution in [3.63, 3.8) is 0 Å². The molecule has 0 bridgehead atoms. The van der Waals surface area contributed by atoms with E-state index in [-0.39, 0.29) is 29.7 Å². The van der Waals surface area contributed by atoms with Crippen molar-refractivity contribution < 1.29 is 29.0 Å². The summed E-state index contributed by atoms with van der Waals surface area (Å²) in [6.07, 6.45) is 0.768. The zero-order chi connectivity index (χ0) is 29.1. The number of phenolic OH excluding ortho intramolecular Hbond substituents is 1. The number of benzene rings is 2. The maximum absolute atomic E-state index is 13.5. The summed E-state index contributed by atoms with van der Waals surface area (Å²) in [4.78, 5) is 37.8. The fraction of sp³-hybridized carbons (Fsp3) is 0.500. The summed E-state index contributed by atoms with van der Waals surface area (Å²) in [5.74, 6) is -2.25. The van der Waals surface area contributed by atoms with Crippen molar-refractivity contribution in [1.82, 2.24) is 16.0 Å². The van der Waals surface area contributed by atoms with E-state index in [0.29, 0.717) is 18.8 Å². The van der Waals surface area contributed by atoms with E-state index in [2.05, 4.69) is 29.8 Å². The lowest BCUT2D eigenvalue weighted by atomic mass is 9.92. The van der Waals surface area contributed by atoms with Crippen LogP contribution in [0.4, 0.5) is 4.39 Å². The summed E-state index contributed by atoms with van der Waals surface area (Å²) in [5, 5.41) is 29.9. The van der Waals surface area contributed by atoms with Gasteiger partial charge in [-0.05, 0) is 55.2 Å². The minimum Gasteiger partial charge on any atom is -0.507 e. The molecule has 0 saturated heterocycles. The molecule has 3 amide bonds. The quantitative estimate of drug-likeness (QED) is 0.248. The molecule has 0 spiro atoms. The SMILES string of the molecule is CC(=O)N[C@H](C(=O)NC(CCC(C)C)C[C@H](O)C(Cc1ccccc1)NC(=O)c1ccc(F)cc1O)C(C)C. The van der Waals surface area contributed by atoms with Crippen LogP contribution >= 0.6 is 0 Å². The minimum atomic E-state index is -1.06. The second kappa shape index (κ2) is 15.2. The topological polar surface area (TPSA) is 128 Å². The second-order valence-electron chi connectivity index (χ2n) is 10.8. The van der Waals surface area contributed by atoms with Gasteiger partial charge in [0.25, 0.3) is 5.91 Å². The average molecular weight is 544 g/mol. The van der Waals surface area contributed by atoms with Gasteiger partial charge in [0.05, 0.1) is 17.7 Å². The van der Waals surface area contributed by atoms with E-state index >= 15 is 0 Å². The number of halogens is 1. The smallest absolute Gasteiger partial charge is 0.255 e. The van der Waals surface area contributed by atoms with Crippen molar-refractivity contribution in [2.45, 2.75) is 84.5 Å². The third kappa shape index (κ3) is 10.7.